The van der Waals surface area contributed by atoms with E-state index in [-0.39, 0.29) is 24.9 Å². The Morgan fingerprint density at radius 2 is 1.46 bits per heavy atom. The van der Waals surface area contributed by atoms with Crippen LogP contribution < -0.4 is 11.0 Å². The summed E-state index contributed by atoms with van der Waals surface area (Å²) in [6, 6.07) is 8.75. The summed E-state index contributed by atoms with van der Waals surface area (Å²) < 4.78 is 33.6. The highest BCUT2D eigenvalue weighted by molar-refractivity contribution is 7.55. The molecule has 0 saturated carbocycles. The molecule has 0 aliphatic carbocycles. The predicted octanol–water partition coefficient (Wildman–Crippen LogP) is 6.67. The van der Waals surface area contributed by atoms with Crippen molar-refractivity contribution in [2.24, 2.45) is 5.41 Å². The van der Waals surface area contributed by atoms with Gasteiger partial charge in [0, 0.05) is 16.8 Å². The highest BCUT2D eigenvalue weighted by atomic mass is 31.2. The zero-order valence-electron chi connectivity index (χ0n) is 25.6. The number of carbonyl (C=O) groups is 1. The minimum atomic E-state index is -3.71. The second kappa shape index (κ2) is 11.7. The second-order valence-corrected chi connectivity index (χ2v) is 14.4. The van der Waals surface area contributed by atoms with E-state index in [1.54, 1.807) is 56.5 Å². The van der Waals surface area contributed by atoms with Crippen LogP contribution in [0.2, 0.25) is 0 Å². The van der Waals surface area contributed by atoms with Crippen LogP contribution in [0.3, 0.4) is 0 Å². The molecule has 9 nitrogen and oxygen atoms in total. The average Bonchev–Trinajstić information content (AvgIpc) is 2.81. The van der Waals surface area contributed by atoms with Crippen molar-refractivity contribution in [3.05, 3.63) is 57.6 Å². The molecule has 0 saturated heterocycles. The number of benzene rings is 1. The molecule has 39 heavy (non-hydrogen) atoms. The van der Waals surface area contributed by atoms with E-state index in [2.05, 4.69) is 10.3 Å². The van der Waals surface area contributed by atoms with Crippen LogP contribution in [0.25, 0.3) is 0 Å². The number of aromatic nitrogens is 2. The molecule has 1 amide bonds. The standard InChI is InChI=1S/C29H46N3O6P/c1-13-36-39(35,37-14-2)28(10,11)38-29(12,26(5,6)7)27(8,9)32-21(4)20(3)23(31-25(32)34)30-24(33)22-18-16-15-17-19-22/h15-19H,13-14H2,1-12H3,(H,30,31,33,34). The van der Waals surface area contributed by atoms with Crippen molar-refractivity contribution in [1.82, 2.24) is 9.55 Å². The topological polar surface area (TPSA) is 109 Å². The van der Waals surface area contributed by atoms with Crippen molar-refractivity contribution in [2.75, 3.05) is 18.5 Å². The zero-order chi connectivity index (χ0) is 30.0. The lowest BCUT2D eigenvalue weighted by molar-refractivity contribution is -0.208. The molecular weight excluding hydrogens is 517 g/mol. The van der Waals surface area contributed by atoms with Crippen molar-refractivity contribution < 1.29 is 23.1 Å². The van der Waals surface area contributed by atoms with Gasteiger partial charge in [0.2, 0.25) is 0 Å². The summed E-state index contributed by atoms with van der Waals surface area (Å²) in [6.45, 7) is 22.6. The summed E-state index contributed by atoms with van der Waals surface area (Å²) in [4.78, 5) is 30.7. The maximum Gasteiger partial charge on any atom is 0.361 e. The van der Waals surface area contributed by atoms with E-state index in [1.807, 2.05) is 61.5 Å². The summed E-state index contributed by atoms with van der Waals surface area (Å²) in [5, 5.41) is 1.43. The molecule has 0 spiro atoms. The van der Waals surface area contributed by atoms with Crippen LogP contribution >= 0.6 is 7.60 Å². The first-order valence-electron chi connectivity index (χ1n) is 13.4. The lowest BCUT2D eigenvalue weighted by Gasteiger charge is -2.56. The first kappa shape index (κ1) is 32.9. The molecule has 2 aromatic rings. The van der Waals surface area contributed by atoms with Crippen LogP contribution in [0, 0.1) is 19.3 Å². The fraction of sp³-hybridized carbons (Fsp3) is 0.621. The zero-order valence-corrected chi connectivity index (χ0v) is 26.5. The lowest BCUT2D eigenvalue weighted by Crippen LogP contribution is -2.64. The fourth-order valence-electron chi connectivity index (χ4n) is 4.91. The maximum atomic E-state index is 13.9. The molecular formula is C29H46N3O6P. The number of rotatable bonds is 11. The van der Waals surface area contributed by atoms with E-state index in [9.17, 15) is 14.2 Å². The van der Waals surface area contributed by atoms with E-state index >= 15 is 0 Å². The summed E-state index contributed by atoms with van der Waals surface area (Å²) >= 11 is 0. The van der Waals surface area contributed by atoms with E-state index in [0.29, 0.717) is 16.8 Å². The van der Waals surface area contributed by atoms with E-state index in [0.717, 1.165) is 0 Å². The average molecular weight is 564 g/mol. The Hall–Kier alpha value is -2.32. The van der Waals surface area contributed by atoms with E-state index in [4.69, 9.17) is 13.8 Å². The van der Waals surface area contributed by atoms with Gasteiger partial charge in [-0.25, -0.2) is 4.79 Å². The lowest BCUT2D eigenvalue weighted by atomic mass is 9.66. The molecule has 218 valence electrons. The second-order valence-electron chi connectivity index (χ2n) is 11.8. The molecule has 1 atom stereocenters. The predicted molar refractivity (Wildman–Crippen MR) is 156 cm³/mol. The Labute approximate surface area is 233 Å². The SMILES string of the molecule is CCOP(=O)(OCC)C(C)(C)OC(C)(C(C)(C)C)C(C)(C)n1c(C)c(C)c(NC(=O)c2ccccc2)nc1=O. The molecule has 1 N–H and O–H groups in total. The van der Waals surface area contributed by atoms with Crippen molar-refractivity contribution in [2.45, 2.75) is 99.6 Å². The molecule has 10 heteroatoms. The normalized spacial score (nSPS) is 14.7. The molecule has 1 aromatic carbocycles. The number of hydrogen-bond acceptors (Lipinski definition) is 7. The number of nitrogens with zero attached hydrogens (tertiary/aromatic N) is 2. The van der Waals surface area contributed by atoms with Crippen LogP contribution in [0.1, 0.15) is 90.9 Å². The van der Waals surface area contributed by atoms with Crippen LogP contribution in [0.5, 0.6) is 0 Å². The third kappa shape index (κ3) is 6.22. The summed E-state index contributed by atoms with van der Waals surface area (Å²) in [5.74, 6) is -0.150. The van der Waals surface area contributed by atoms with Gasteiger partial charge in [-0.2, -0.15) is 4.98 Å². The van der Waals surface area contributed by atoms with Gasteiger partial charge in [-0.15, -0.1) is 0 Å². The van der Waals surface area contributed by atoms with Gasteiger partial charge in [-0.1, -0.05) is 39.0 Å². The van der Waals surface area contributed by atoms with Crippen LogP contribution in [0.15, 0.2) is 35.1 Å². The van der Waals surface area contributed by atoms with Crippen molar-refractivity contribution >= 4 is 19.3 Å². The van der Waals surface area contributed by atoms with Crippen LogP contribution in [0.4, 0.5) is 5.82 Å². The van der Waals surface area contributed by atoms with Crippen LogP contribution in [-0.2, 0) is 23.9 Å². The van der Waals surface area contributed by atoms with E-state index in [1.165, 1.54) is 0 Å². The first-order chi connectivity index (χ1) is 17.8. The Morgan fingerprint density at radius 1 is 0.949 bits per heavy atom. The summed E-state index contributed by atoms with van der Waals surface area (Å²) in [5.41, 5.74) is -1.46. The van der Waals surface area contributed by atoms with Gasteiger partial charge in [-0.3, -0.25) is 13.9 Å². The number of amides is 1. The number of nitrogens with one attached hydrogen (secondary N) is 1. The number of anilines is 1. The van der Waals surface area contributed by atoms with Gasteiger partial charge in [0.25, 0.3) is 5.91 Å². The molecule has 2 rings (SSSR count). The molecule has 0 radical (unpaired) electrons. The summed E-state index contributed by atoms with van der Waals surface area (Å²) in [6.07, 6.45) is 0. The Morgan fingerprint density at radius 3 is 1.92 bits per heavy atom. The van der Waals surface area contributed by atoms with Gasteiger partial charge < -0.3 is 19.1 Å². The van der Waals surface area contributed by atoms with Crippen molar-refractivity contribution in [1.29, 1.82) is 0 Å². The molecule has 0 aliphatic rings. The fourth-order valence-corrected chi connectivity index (χ4v) is 6.58. The number of carbonyl (C=O) groups excluding carboxylic acids is 1. The van der Waals surface area contributed by atoms with Crippen molar-refractivity contribution in [3.8, 4) is 0 Å². The molecule has 0 aliphatic heterocycles. The third-order valence-electron chi connectivity index (χ3n) is 7.77. The molecule has 0 bridgehead atoms. The maximum absolute atomic E-state index is 13.9. The van der Waals surface area contributed by atoms with E-state index < -0.39 is 35.2 Å². The smallest absolute Gasteiger partial charge is 0.354 e. The van der Waals surface area contributed by atoms with Gasteiger partial charge in [0.05, 0.1) is 24.4 Å². The van der Waals surface area contributed by atoms with Gasteiger partial charge in [0.15, 0.2) is 5.34 Å². The molecule has 1 heterocycles. The quantitative estimate of drug-likeness (QED) is 0.304. The van der Waals surface area contributed by atoms with Gasteiger partial charge in [-0.05, 0) is 79.9 Å². The summed E-state index contributed by atoms with van der Waals surface area (Å²) in [7, 11) is -3.71. The highest BCUT2D eigenvalue weighted by Gasteiger charge is 2.59. The number of ether oxygens (including phenoxy) is 1. The third-order valence-corrected chi connectivity index (χ3v) is 10.4. The molecule has 1 unspecified atom stereocenters. The monoisotopic (exact) mass is 563 g/mol. The first-order valence-corrected chi connectivity index (χ1v) is 14.9. The Balaban J connectivity index is 2.67. The molecule has 0 fully saturated rings. The van der Waals surface area contributed by atoms with Gasteiger partial charge in [0.1, 0.15) is 5.82 Å². The number of hydrogen-bond donors (Lipinski definition) is 1. The van der Waals surface area contributed by atoms with Crippen molar-refractivity contribution in [3.63, 3.8) is 0 Å². The Kier molecular flexibility index (Phi) is 9.83. The largest absolute Gasteiger partial charge is 0.361 e. The minimum absolute atomic E-state index is 0.192. The van der Waals surface area contributed by atoms with Crippen LogP contribution in [-0.4, -0.2) is 39.6 Å². The minimum Gasteiger partial charge on any atom is -0.354 e. The van der Waals surface area contributed by atoms with Gasteiger partial charge >= 0.3 is 13.3 Å². The Bertz CT molecular complexity index is 1270. The molecule has 1 aromatic heterocycles. The highest BCUT2D eigenvalue weighted by Crippen LogP contribution is 2.63.